The van der Waals surface area contributed by atoms with Crippen LogP contribution in [0.15, 0.2) is 48.5 Å². The summed E-state index contributed by atoms with van der Waals surface area (Å²) in [6.45, 7) is 3.95. The minimum absolute atomic E-state index is 0.0110. The summed E-state index contributed by atoms with van der Waals surface area (Å²) in [6.07, 6.45) is 0.346. The number of nitro groups is 1. The number of anilines is 2. The van der Waals surface area contributed by atoms with Crippen molar-refractivity contribution in [1.29, 1.82) is 0 Å². The predicted octanol–water partition coefficient (Wildman–Crippen LogP) is 4.49. The van der Waals surface area contributed by atoms with Crippen molar-refractivity contribution >= 4 is 57.8 Å². The topological polar surface area (TPSA) is 123 Å². The summed E-state index contributed by atoms with van der Waals surface area (Å²) in [5, 5.41) is 19.2. The molecule has 13 heteroatoms. The van der Waals surface area contributed by atoms with Gasteiger partial charge in [0.25, 0.3) is 5.91 Å². The second-order valence-electron chi connectivity index (χ2n) is 8.98. The molecule has 0 aliphatic carbocycles. The van der Waals surface area contributed by atoms with Crippen molar-refractivity contribution < 1.29 is 19.2 Å². The van der Waals surface area contributed by atoms with Gasteiger partial charge in [-0.05, 0) is 75.0 Å². The first kappa shape index (κ1) is 28.0. The number of carbonyl (C=O) groups excluding carboxylic acids is 2. The van der Waals surface area contributed by atoms with E-state index in [1.807, 2.05) is 0 Å². The molecule has 0 bridgehead atoms. The van der Waals surface area contributed by atoms with Crippen LogP contribution in [-0.4, -0.2) is 56.2 Å². The van der Waals surface area contributed by atoms with Crippen molar-refractivity contribution in [1.82, 2.24) is 14.7 Å². The van der Waals surface area contributed by atoms with Gasteiger partial charge in [0.1, 0.15) is 23.2 Å². The number of halogens is 1. The third-order valence-electron chi connectivity index (χ3n) is 6.43. The summed E-state index contributed by atoms with van der Waals surface area (Å²) in [7, 11) is 1.55. The Morgan fingerprint density at radius 1 is 1.21 bits per heavy atom. The van der Waals surface area contributed by atoms with Crippen molar-refractivity contribution in [2.45, 2.75) is 39.3 Å². The summed E-state index contributed by atoms with van der Waals surface area (Å²) in [5.41, 5.74) is 1.86. The van der Waals surface area contributed by atoms with Crippen molar-refractivity contribution in [2.24, 2.45) is 0 Å². The number of amides is 2. The SMILES string of the molecule is COc1ccc(N2C(=O)[C@@H](CC(=O)Nc3cccc(Cl)c3)N(CCCn3nc(C)c([N+](=O)[O-])c3C)C2=S)cc1. The predicted molar refractivity (Wildman–Crippen MR) is 151 cm³/mol. The molecule has 39 heavy (non-hydrogen) atoms. The van der Waals surface area contributed by atoms with Gasteiger partial charge in [0.05, 0.1) is 24.1 Å². The van der Waals surface area contributed by atoms with Crippen LogP contribution in [0.2, 0.25) is 5.02 Å². The van der Waals surface area contributed by atoms with Crippen LogP contribution in [0, 0.1) is 24.0 Å². The maximum atomic E-state index is 13.6. The minimum atomic E-state index is -0.839. The summed E-state index contributed by atoms with van der Waals surface area (Å²) >= 11 is 11.7. The molecule has 0 unspecified atom stereocenters. The lowest BCUT2D eigenvalue weighted by Crippen LogP contribution is -2.38. The average molecular weight is 571 g/mol. The number of carbonyl (C=O) groups is 2. The lowest BCUT2D eigenvalue weighted by Gasteiger charge is -2.24. The molecule has 0 spiro atoms. The normalized spacial score (nSPS) is 15.1. The van der Waals surface area contributed by atoms with Gasteiger partial charge in [0, 0.05) is 23.8 Å². The van der Waals surface area contributed by atoms with Crippen LogP contribution in [0.1, 0.15) is 24.2 Å². The average Bonchev–Trinajstić information content (AvgIpc) is 3.30. The van der Waals surface area contributed by atoms with Crippen LogP contribution >= 0.6 is 23.8 Å². The molecule has 11 nitrogen and oxygen atoms in total. The monoisotopic (exact) mass is 570 g/mol. The number of benzene rings is 2. The van der Waals surface area contributed by atoms with E-state index in [2.05, 4.69) is 10.4 Å². The number of methoxy groups -OCH3 is 1. The number of hydrogen-bond acceptors (Lipinski definition) is 7. The largest absolute Gasteiger partial charge is 0.497 e. The Morgan fingerprint density at radius 2 is 1.92 bits per heavy atom. The van der Waals surface area contributed by atoms with E-state index in [1.165, 1.54) is 4.90 Å². The quantitative estimate of drug-likeness (QED) is 0.215. The van der Waals surface area contributed by atoms with Gasteiger partial charge in [-0.3, -0.25) is 29.3 Å². The van der Waals surface area contributed by atoms with Crippen molar-refractivity contribution in [3.05, 3.63) is 75.1 Å². The third-order valence-corrected chi connectivity index (χ3v) is 7.08. The number of aryl methyl sites for hydroxylation is 2. The molecular formula is C26H27ClN6O5S. The lowest BCUT2D eigenvalue weighted by atomic mass is 10.1. The Labute approximate surface area is 235 Å². The van der Waals surface area contributed by atoms with Gasteiger partial charge < -0.3 is 15.0 Å². The molecule has 1 aliphatic rings. The van der Waals surface area contributed by atoms with E-state index in [-0.39, 0.29) is 29.0 Å². The fourth-order valence-electron chi connectivity index (χ4n) is 4.57. The second-order valence-corrected chi connectivity index (χ2v) is 9.78. The highest BCUT2D eigenvalue weighted by Crippen LogP contribution is 2.29. The Morgan fingerprint density at radius 3 is 2.54 bits per heavy atom. The Kier molecular flexibility index (Phi) is 8.46. The van der Waals surface area contributed by atoms with E-state index in [0.717, 1.165) is 0 Å². The first-order valence-electron chi connectivity index (χ1n) is 12.1. The maximum Gasteiger partial charge on any atom is 0.312 e. The minimum Gasteiger partial charge on any atom is -0.497 e. The summed E-state index contributed by atoms with van der Waals surface area (Å²) < 4.78 is 6.80. The molecule has 1 saturated heterocycles. The van der Waals surface area contributed by atoms with E-state index in [1.54, 1.807) is 79.1 Å². The molecule has 1 aliphatic heterocycles. The number of hydrogen-bond donors (Lipinski definition) is 1. The Hall–Kier alpha value is -4.03. The number of thiocarbonyl (C=S) groups is 1. The number of aromatic nitrogens is 2. The molecule has 1 N–H and O–H groups in total. The smallest absolute Gasteiger partial charge is 0.312 e. The van der Waals surface area contributed by atoms with Gasteiger partial charge in [-0.25, -0.2) is 0 Å². The second kappa shape index (κ2) is 11.8. The van der Waals surface area contributed by atoms with Gasteiger partial charge in [-0.1, -0.05) is 17.7 Å². The Balaban J connectivity index is 1.54. The fourth-order valence-corrected chi connectivity index (χ4v) is 5.17. The van der Waals surface area contributed by atoms with Gasteiger partial charge in [0.2, 0.25) is 5.91 Å². The first-order valence-corrected chi connectivity index (χ1v) is 12.9. The van der Waals surface area contributed by atoms with Crippen LogP contribution in [0.3, 0.4) is 0 Å². The zero-order valence-electron chi connectivity index (χ0n) is 21.6. The molecule has 3 aromatic rings. The molecule has 0 radical (unpaired) electrons. The van der Waals surface area contributed by atoms with E-state index in [9.17, 15) is 19.7 Å². The molecule has 2 amide bonds. The highest BCUT2D eigenvalue weighted by molar-refractivity contribution is 7.80. The third kappa shape index (κ3) is 6.02. The standard InChI is InChI=1S/C26H27ClN6O5S/c1-16-24(33(36)37)17(2)31(29-16)13-5-12-30-22(15-23(34)28-19-7-4-6-18(27)14-19)25(35)32(26(30)39)20-8-10-21(38-3)11-9-20/h4,6-11,14,22H,5,12-13,15H2,1-3H3,(H,28,34)/t22-/m1/s1. The van der Waals surface area contributed by atoms with E-state index in [0.29, 0.717) is 53.0 Å². The number of rotatable bonds is 10. The Bertz CT molecular complexity index is 1430. The van der Waals surface area contributed by atoms with E-state index < -0.39 is 11.0 Å². The molecule has 204 valence electrons. The van der Waals surface area contributed by atoms with Gasteiger partial charge >= 0.3 is 5.69 Å². The molecule has 0 saturated carbocycles. The molecule has 1 atom stereocenters. The first-order chi connectivity index (χ1) is 18.6. The van der Waals surface area contributed by atoms with Crippen LogP contribution in [0.25, 0.3) is 0 Å². The number of nitrogens with zero attached hydrogens (tertiary/aromatic N) is 5. The summed E-state index contributed by atoms with van der Waals surface area (Å²) in [4.78, 5) is 40.6. The highest BCUT2D eigenvalue weighted by atomic mass is 35.5. The lowest BCUT2D eigenvalue weighted by molar-refractivity contribution is -0.386. The van der Waals surface area contributed by atoms with Gasteiger partial charge in [-0.2, -0.15) is 5.10 Å². The van der Waals surface area contributed by atoms with Crippen LogP contribution in [-0.2, 0) is 16.1 Å². The molecule has 2 aromatic carbocycles. The van der Waals surface area contributed by atoms with Crippen LogP contribution < -0.4 is 15.0 Å². The number of nitrogens with one attached hydrogen (secondary N) is 1. The van der Waals surface area contributed by atoms with Crippen molar-refractivity contribution in [2.75, 3.05) is 23.9 Å². The molecule has 4 rings (SSSR count). The van der Waals surface area contributed by atoms with Crippen molar-refractivity contribution in [3.8, 4) is 5.75 Å². The van der Waals surface area contributed by atoms with E-state index in [4.69, 9.17) is 28.6 Å². The van der Waals surface area contributed by atoms with Crippen LogP contribution in [0.4, 0.5) is 17.1 Å². The highest BCUT2D eigenvalue weighted by Gasteiger charge is 2.44. The van der Waals surface area contributed by atoms with Crippen LogP contribution in [0.5, 0.6) is 5.75 Å². The molecule has 1 fully saturated rings. The molecule has 1 aromatic heterocycles. The zero-order valence-corrected chi connectivity index (χ0v) is 23.2. The maximum absolute atomic E-state index is 13.6. The van der Waals surface area contributed by atoms with Gasteiger partial charge in [-0.15, -0.1) is 0 Å². The zero-order chi connectivity index (χ0) is 28.3. The fraction of sp³-hybridized carbons (Fsp3) is 0.308. The molecular weight excluding hydrogens is 544 g/mol. The van der Waals surface area contributed by atoms with Crippen molar-refractivity contribution in [3.63, 3.8) is 0 Å². The summed E-state index contributed by atoms with van der Waals surface area (Å²) in [6, 6.07) is 12.8. The van der Waals surface area contributed by atoms with E-state index >= 15 is 0 Å². The van der Waals surface area contributed by atoms with Gasteiger partial charge in [0.15, 0.2) is 5.11 Å². The summed E-state index contributed by atoms with van der Waals surface area (Å²) in [5.74, 6) is -0.0630. The number of ether oxygens (including phenoxy) is 1. The molecule has 2 heterocycles.